The van der Waals surface area contributed by atoms with Gasteiger partial charge >= 0.3 is 0 Å². The molecule has 0 aliphatic carbocycles. The van der Waals surface area contributed by atoms with Crippen molar-refractivity contribution in [1.29, 1.82) is 0 Å². The minimum Gasteiger partial charge on any atom is -0.377 e. The minimum atomic E-state index is 0.299. The van der Waals surface area contributed by atoms with Gasteiger partial charge in [0.2, 0.25) is 5.89 Å². The van der Waals surface area contributed by atoms with Crippen LogP contribution in [0, 0.1) is 0 Å². The Kier molecular flexibility index (Phi) is 4.36. The molecule has 5 heteroatoms. The van der Waals surface area contributed by atoms with E-state index < -0.39 is 0 Å². The van der Waals surface area contributed by atoms with Gasteiger partial charge in [0.05, 0.1) is 12.1 Å². The van der Waals surface area contributed by atoms with Crippen LogP contribution in [0.1, 0.15) is 69.6 Å². The summed E-state index contributed by atoms with van der Waals surface area (Å²) in [6.45, 7) is 7.22. The molecule has 0 aromatic carbocycles. The lowest BCUT2D eigenvalue weighted by molar-refractivity contribution is -0.00870. The summed E-state index contributed by atoms with van der Waals surface area (Å²) in [5, 5.41) is 4.19. The van der Waals surface area contributed by atoms with E-state index in [0.29, 0.717) is 18.1 Å². The summed E-state index contributed by atoms with van der Waals surface area (Å²) in [6, 6.07) is 0.316. The summed E-state index contributed by atoms with van der Waals surface area (Å²) >= 11 is 0. The van der Waals surface area contributed by atoms with Crippen LogP contribution in [-0.2, 0) is 4.74 Å². The molecule has 0 spiro atoms. The lowest BCUT2D eigenvalue weighted by atomic mass is 10.1. The van der Waals surface area contributed by atoms with Crippen LogP contribution in [-0.4, -0.2) is 40.8 Å². The molecule has 0 radical (unpaired) electrons. The highest BCUT2D eigenvalue weighted by atomic mass is 16.5. The number of likely N-dealkylation sites (tertiary alicyclic amines) is 1. The van der Waals surface area contributed by atoms with Crippen LogP contribution >= 0.6 is 0 Å². The molecule has 2 atom stereocenters. The van der Waals surface area contributed by atoms with Crippen molar-refractivity contribution in [2.24, 2.45) is 0 Å². The van der Waals surface area contributed by atoms with Gasteiger partial charge in [0.1, 0.15) is 0 Å². The average Bonchev–Trinajstić information content (AvgIpc) is 3.08. The van der Waals surface area contributed by atoms with Gasteiger partial charge in [0.25, 0.3) is 0 Å². The fourth-order valence-electron chi connectivity index (χ4n) is 3.17. The van der Waals surface area contributed by atoms with Crippen molar-refractivity contribution in [1.82, 2.24) is 15.0 Å². The summed E-state index contributed by atoms with van der Waals surface area (Å²) < 4.78 is 11.2. The van der Waals surface area contributed by atoms with Crippen molar-refractivity contribution in [3.8, 4) is 0 Å². The third-order valence-electron chi connectivity index (χ3n) is 4.33. The van der Waals surface area contributed by atoms with Crippen molar-refractivity contribution in [3.63, 3.8) is 0 Å². The fraction of sp³-hybridized carbons (Fsp3) is 0.867. The first-order valence-corrected chi connectivity index (χ1v) is 7.93. The molecule has 2 saturated heterocycles. The van der Waals surface area contributed by atoms with Crippen molar-refractivity contribution >= 4 is 0 Å². The van der Waals surface area contributed by atoms with E-state index in [1.54, 1.807) is 0 Å². The third kappa shape index (κ3) is 3.04. The topological polar surface area (TPSA) is 51.4 Å². The fourth-order valence-corrected chi connectivity index (χ4v) is 3.17. The summed E-state index contributed by atoms with van der Waals surface area (Å²) in [6.07, 6.45) is 6.42. The number of hydrogen-bond donors (Lipinski definition) is 0. The van der Waals surface area contributed by atoms with Gasteiger partial charge < -0.3 is 9.26 Å². The molecule has 5 nitrogen and oxygen atoms in total. The maximum Gasteiger partial charge on any atom is 0.229 e. The predicted octanol–water partition coefficient (Wildman–Crippen LogP) is 2.90. The lowest BCUT2D eigenvalue weighted by Crippen LogP contribution is -2.35. The molecule has 20 heavy (non-hydrogen) atoms. The van der Waals surface area contributed by atoms with Gasteiger partial charge in [-0.2, -0.15) is 4.98 Å². The van der Waals surface area contributed by atoms with E-state index in [2.05, 4.69) is 28.9 Å². The second-order valence-corrected chi connectivity index (χ2v) is 6.29. The Bertz CT molecular complexity index is 427. The Labute approximate surface area is 120 Å². The summed E-state index contributed by atoms with van der Waals surface area (Å²) in [7, 11) is 0. The van der Waals surface area contributed by atoms with Crippen molar-refractivity contribution in [3.05, 3.63) is 11.7 Å². The van der Waals surface area contributed by atoms with Gasteiger partial charge in [-0.25, -0.2) is 0 Å². The van der Waals surface area contributed by atoms with E-state index >= 15 is 0 Å². The van der Waals surface area contributed by atoms with Gasteiger partial charge in [-0.15, -0.1) is 0 Å². The predicted molar refractivity (Wildman–Crippen MR) is 75.5 cm³/mol. The normalized spacial score (nSPS) is 28.4. The van der Waals surface area contributed by atoms with Gasteiger partial charge in [0.15, 0.2) is 5.82 Å². The first kappa shape index (κ1) is 14.0. The molecule has 2 aliphatic rings. The molecule has 3 heterocycles. The van der Waals surface area contributed by atoms with Crippen molar-refractivity contribution < 1.29 is 9.26 Å². The number of hydrogen-bond acceptors (Lipinski definition) is 5. The molecule has 0 saturated carbocycles. The number of ether oxygens (including phenoxy) is 1. The molecular formula is C15H25N3O2. The molecule has 2 aliphatic heterocycles. The van der Waals surface area contributed by atoms with E-state index in [9.17, 15) is 0 Å². The molecule has 1 aromatic rings. The maximum absolute atomic E-state index is 5.86. The summed E-state index contributed by atoms with van der Waals surface area (Å²) in [5.74, 6) is 1.91. The molecule has 112 valence electrons. The smallest absolute Gasteiger partial charge is 0.229 e. The first-order chi connectivity index (χ1) is 9.74. The van der Waals surface area contributed by atoms with Crippen LogP contribution in [0.5, 0.6) is 0 Å². The van der Waals surface area contributed by atoms with Crippen LogP contribution in [0.2, 0.25) is 0 Å². The Balaban J connectivity index is 1.64. The maximum atomic E-state index is 5.86. The summed E-state index contributed by atoms with van der Waals surface area (Å²) in [5.41, 5.74) is 0. The molecule has 0 N–H and O–H groups in total. The zero-order chi connectivity index (χ0) is 13.9. The van der Waals surface area contributed by atoms with Crippen molar-refractivity contribution in [2.45, 2.75) is 64.0 Å². The zero-order valence-corrected chi connectivity index (χ0v) is 12.5. The van der Waals surface area contributed by atoms with E-state index in [0.717, 1.165) is 37.8 Å². The van der Waals surface area contributed by atoms with Crippen LogP contribution < -0.4 is 0 Å². The molecule has 2 fully saturated rings. The monoisotopic (exact) mass is 279 g/mol. The van der Waals surface area contributed by atoms with Crippen LogP contribution in [0.3, 0.4) is 0 Å². The van der Waals surface area contributed by atoms with E-state index in [1.807, 2.05) is 0 Å². The highest BCUT2D eigenvalue weighted by Gasteiger charge is 2.32. The highest BCUT2D eigenvalue weighted by Crippen LogP contribution is 2.31. The van der Waals surface area contributed by atoms with Gasteiger partial charge in [-0.3, -0.25) is 4.90 Å². The van der Waals surface area contributed by atoms with E-state index in [4.69, 9.17) is 9.26 Å². The van der Waals surface area contributed by atoms with Crippen molar-refractivity contribution in [2.75, 3.05) is 19.7 Å². The number of rotatable bonds is 4. The largest absolute Gasteiger partial charge is 0.377 e. The number of aromatic nitrogens is 2. The Hall–Kier alpha value is -0.940. The highest BCUT2D eigenvalue weighted by molar-refractivity contribution is 5.00. The standard InChI is InChI=1S/C15H25N3O2/c1-11(2)15-16-14(17-20-15)13-7-5-8-18(13)10-12-6-3-4-9-19-12/h11-13H,3-10H2,1-2H3/t12-,13+/m0/s1. The molecule has 3 rings (SSSR count). The number of nitrogens with zero attached hydrogens (tertiary/aromatic N) is 3. The third-order valence-corrected chi connectivity index (χ3v) is 4.33. The Morgan fingerprint density at radius 1 is 1.25 bits per heavy atom. The van der Waals surface area contributed by atoms with Gasteiger partial charge in [0, 0.05) is 19.1 Å². The Morgan fingerprint density at radius 2 is 2.15 bits per heavy atom. The van der Waals surface area contributed by atoms with Gasteiger partial charge in [-0.05, 0) is 38.6 Å². The summed E-state index contributed by atoms with van der Waals surface area (Å²) in [4.78, 5) is 7.05. The first-order valence-electron chi connectivity index (χ1n) is 7.93. The zero-order valence-electron chi connectivity index (χ0n) is 12.5. The van der Waals surface area contributed by atoms with Crippen LogP contribution in [0.25, 0.3) is 0 Å². The Morgan fingerprint density at radius 3 is 2.85 bits per heavy atom. The second-order valence-electron chi connectivity index (χ2n) is 6.29. The second kappa shape index (κ2) is 6.22. The van der Waals surface area contributed by atoms with Crippen LogP contribution in [0.4, 0.5) is 0 Å². The molecular weight excluding hydrogens is 254 g/mol. The molecule has 0 amide bonds. The van der Waals surface area contributed by atoms with E-state index in [-0.39, 0.29) is 0 Å². The molecule has 0 unspecified atom stereocenters. The van der Waals surface area contributed by atoms with Gasteiger partial charge in [-0.1, -0.05) is 19.0 Å². The van der Waals surface area contributed by atoms with E-state index in [1.165, 1.54) is 25.7 Å². The van der Waals surface area contributed by atoms with Crippen LogP contribution in [0.15, 0.2) is 4.52 Å². The average molecular weight is 279 g/mol. The lowest BCUT2D eigenvalue weighted by Gasteiger charge is -2.29. The quantitative estimate of drug-likeness (QED) is 0.848. The minimum absolute atomic E-state index is 0.299. The SMILES string of the molecule is CC(C)c1nc([C@H]2CCCN2C[C@@H]2CCCCO2)no1. The molecule has 1 aromatic heterocycles. The molecule has 0 bridgehead atoms.